The average Bonchev–Trinajstić information content (AvgIpc) is 3.11. The minimum Gasteiger partial charge on any atom is -0.496 e. The summed E-state index contributed by atoms with van der Waals surface area (Å²) in [5.74, 6) is 0.841. The lowest BCUT2D eigenvalue weighted by Crippen LogP contribution is -2.27. The Morgan fingerprint density at radius 3 is 2.69 bits per heavy atom. The molecule has 0 spiro atoms. The van der Waals surface area contributed by atoms with Gasteiger partial charge in [0.25, 0.3) is 0 Å². The van der Waals surface area contributed by atoms with E-state index in [1.165, 1.54) is 0 Å². The first-order valence-corrected chi connectivity index (χ1v) is 8.53. The third kappa shape index (κ3) is 4.11. The maximum Gasteiger partial charge on any atom is 0.227 e. The molecule has 0 N–H and O–H groups in total. The molecule has 1 aromatic heterocycles. The van der Waals surface area contributed by atoms with Crippen molar-refractivity contribution < 1.29 is 9.53 Å². The van der Waals surface area contributed by atoms with Gasteiger partial charge >= 0.3 is 0 Å². The Balaban J connectivity index is 1.67. The highest BCUT2D eigenvalue weighted by Crippen LogP contribution is 2.21. The van der Waals surface area contributed by atoms with Crippen molar-refractivity contribution >= 4 is 5.91 Å². The lowest BCUT2D eigenvalue weighted by molar-refractivity contribution is -0.129. The third-order valence-electron chi connectivity index (χ3n) is 4.28. The quantitative estimate of drug-likeness (QED) is 0.685. The number of amides is 1. The summed E-state index contributed by atoms with van der Waals surface area (Å²) in [6, 6.07) is 15.8. The minimum atomic E-state index is 0.0428. The number of ether oxygens (including phenoxy) is 1. The molecule has 5 nitrogen and oxygen atoms in total. The van der Waals surface area contributed by atoms with E-state index in [4.69, 9.17) is 4.74 Å². The fourth-order valence-electron chi connectivity index (χ4n) is 2.86. The molecule has 0 fully saturated rings. The van der Waals surface area contributed by atoms with Crippen LogP contribution in [0.3, 0.4) is 0 Å². The summed E-state index contributed by atoms with van der Waals surface area (Å²) in [4.78, 5) is 14.3. The molecule has 0 saturated carbocycles. The highest BCUT2D eigenvalue weighted by Gasteiger charge is 2.14. The van der Waals surface area contributed by atoms with Crippen LogP contribution in [0, 0.1) is 6.92 Å². The molecule has 2 aromatic carbocycles. The van der Waals surface area contributed by atoms with Gasteiger partial charge in [-0.25, -0.2) is 4.68 Å². The number of hydrogen-bond acceptors (Lipinski definition) is 3. The van der Waals surface area contributed by atoms with Crippen LogP contribution in [0.25, 0.3) is 5.69 Å². The normalized spacial score (nSPS) is 10.6. The van der Waals surface area contributed by atoms with Crippen molar-refractivity contribution in [3.63, 3.8) is 0 Å². The zero-order chi connectivity index (χ0) is 18.5. The smallest absolute Gasteiger partial charge is 0.227 e. The number of carbonyl (C=O) groups is 1. The summed E-state index contributed by atoms with van der Waals surface area (Å²) < 4.78 is 7.18. The Kier molecular flexibility index (Phi) is 5.37. The summed E-state index contributed by atoms with van der Waals surface area (Å²) in [5.41, 5.74) is 4.01. The van der Waals surface area contributed by atoms with Crippen molar-refractivity contribution in [2.75, 3.05) is 14.2 Å². The highest BCUT2D eigenvalue weighted by molar-refractivity contribution is 5.78. The molecule has 1 heterocycles. The number of rotatable bonds is 6. The Morgan fingerprint density at radius 1 is 1.19 bits per heavy atom. The van der Waals surface area contributed by atoms with Crippen molar-refractivity contribution in [2.24, 2.45) is 0 Å². The van der Waals surface area contributed by atoms with Gasteiger partial charge < -0.3 is 9.64 Å². The topological polar surface area (TPSA) is 47.4 Å². The third-order valence-corrected chi connectivity index (χ3v) is 4.28. The summed E-state index contributed by atoms with van der Waals surface area (Å²) >= 11 is 0. The largest absolute Gasteiger partial charge is 0.496 e. The van der Waals surface area contributed by atoms with Crippen LogP contribution in [0.5, 0.6) is 5.75 Å². The van der Waals surface area contributed by atoms with Crippen LogP contribution in [-0.2, 0) is 17.8 Å². The van der Waals surface area contributed by atoms with E-state index in [2.05, 4.69) is 11.2 Å². The van der Waals surface area contributed by atoms with E-state index in [9.17, 15) is 4.79 Å². The molecule has 0 aliphatic carbocycles. The molecule has 26 heavy (non-hydrogen) atoms. The molecule has 134 valence electrons. The molecule has 0 saturated heterocycles. The molecule has 3 aromatic rings. The molecule has 3 rings (SSSR count). The van der Waals surface area contributed by atoms with E-state index in [-0.39, 0.29) is 5.91 Å². The van der Waals surface area contributed by atoms with Gasteiger partial charge in [0.05, 0.1) is 25.4 Å². The van der Waals surface area contributed by atoms with Crippen molar-refractivity contribution in [1.29, 1.82) is 0 Å². The Hall–Kier alpha value is -3.08. The van der Waals surface area contributed by atoms with Crippen LogP contribution in [-0.4, -0.2) is 34.7 Å². The first-order chi connectivity index (χ1) is 12.6. The number of carbonyl (C=O) groups excluding carboxylic acids is 1. The van der Waals surface area contributed by atoms with Crippen molar-refractivity contribution in [1.82, 2.24) is 14.7 Å². The van der Waals surface area contributed by atoms with Crippen LogP contribution in [0.1, 0.15) is 16.7 Å². The van der Waals surface area contributed by atoms with E-state index in [1.807, 2.05) is 62.6 Å². The summed E-state index contributed by atoms with van der Waals surface area (Å²) in [5, 5.41) is 4.35. The number of aryl methyl sites for hydroxylation is 1. The second-order valence-electron chi connectivity index (χ2n) is 6.37. The summed E-state index contributed by atoms with van der Waals surface area (Å²) in [6.45, 7) is 2.54. The van der Waals surface area contributed by atoms with Crippen molar-refractivity contribution in [3.05, 3.63) is 77.6 Å². The molecule has 0 aliphatic heterocycles. The van der Waals surface area contributed by atoms with Gasteiger partial charge in [0.2, 0.25) is 5.91 Å². The fraction of sp³-hybridized carbons (Fsp3) is 0.238. The predicted molar refractivity (Wildman–Crippen MR) is 101 cm³/mol. The van der Waals surface area contributed by atoms with Crippen LogP contribution in [0.4, 0.5) is 0 Å². The summed E-state index contributed by atoms with van der Waals surface area (Å²) in [7, 11) is 3.46. The molecule has 0 aliphatic rings. The van der Waals surface area contributed by atoms with Crippen LogP contribution < -0.4 is 4.74 Å². The number of nitrogens with zero attached hydrogens (tertiary/aromatic N) is 3. The maximum absolute atomic E-state index is 12.6. The average molecular weight is 349 g/mol. The molecule has 5 heteroatoms. The van der Waals surface area contributed by atoms with Crippen LogP contribution in [0.15, 0.2) is 60.9 Å². The van der Waals surface area contributed by atoms with Crippen molar-refractivity contribution in [2.45, 2.75) is 19.9 Å². The zero-order valence-corrected chi connectivity index (χ0v) is 15.3. The lowest BCUT2D eigenvalue weighted by Gasteiger charge is -2.19. The minimum absolute atomic E-state index is 0.0428. The standard InChI is InChI=1S/C21H23N3O2/c1-16-9-10-20(26-3)18(11-16)15-23(2)21(25)12-17-13-22-24(14-17)19-7-5-4-6-8-19/h4-11,13-14H,12,15H2,1-3H3. The molecular weight excluding hydrogens is 326 g/mol. The van der Waals surface area contributed by atoms with Gasteiger partial charge in [-0.15, -0.1) is 0 Å². The maximum atomic E-state index is 12.6. The fourth-order valence-corrected chi connectivity index (χ4v) is 2.86. The number of para-hydroxylation sites is 1. The number of aromatic nitrogens is 2. The van der Waals surface area contributed by atoms with E-state index in [0.29, 0.717) is 13.0 Å². The van der Waals surface area contributed by atoms with Gasteiger partial charge in [0.1, 0.15) is 5.75 Å². The second kappa shape index (κ2) is 7.87. The van der Waals surface area contributed by atoms with Gasteiger partial charge in [-0.1, -0.05) is 35.9 Å². The first kappa shape index (κ1) is 17.7. The van der Waals surface area contributed by atoms with Gasteiger partial charge in [0, 0.05) is 25.4 Å². The Morgan fingerprint density at radius 2 is 1.96 bits per heavy atom. The second-order valence-corrected chi connectivity index (χ2v) is 6.37. The molecule has 1 amide bonds. The number of hydrogen-bond donors (Lipinski definition) is 0. The molecule has 0 atom stereocenters. The van der Waals surface area contributed by atoms with E-state index < -0.39 is 0 Å². The molecule has 0 unspecified atom stereocenters. The van der Waals surface area contributed by atoms with Gasteiger partial charge in [0.15, 0.2) is 0 Å². The molecule has 0 bridgehead atoms. The number of benzene rings is 2. The molecule has 0 radical (unpaired) electrons. The lowest BCUT2D eigenvalue weighted by atomic mass is 10.1. The van der Waals surface area contributed by atoms with E-state index in [1.54, 1.807) is 22.9 Å². The Bertz CT molecular complexity index is 887. The van der Waals surface area contributed by atoms with E-state index in [0.717, 1.165) is 28.1 Å². The first-order valence-electron chi connectivity index (χ1n) is 8.53. The monoisotopic (exact) mass is 349 g/mol. The van der Waals surface area contributed by atoms with Gasteiger partial charge in [-0.3, -0.25) is 4.79 Å². The predicted octanol–water partition coefficient (Wildman–Crippen LogP) is 3.39. The number of likely N-dealkylation sites (N-methyl/N-ethyl adjacent to an activating group) is 1. The van der Waals surface area contributed by atoms with Gasteiger partial charge in [-0.05, 0) is 30.7 Å². The molecular formula is C21H23N3O2. The highest BCUT2D eigenvalue weighted by atomic mass is 16.5. The van der Waals surface area contributed by atoms with Gasteiger partial charge in [-0.2, -0.15) is 5.10 Å². The SMILES string of the molecule is COc1ccc(C)cc1CN(C)C(=O)Cc1cnn(-c2ccccc2)c1. The summed E-state index contributed by atoms with van der Waals surface area (Å²) in [6.07, 6.45) is 3.96. The number of methoxy groups -OCH3 is 1. The van der Waals surface area contributed by atoms with Crippen LogP contribution >= 0.6 is 0 Å². The Labute approximate surface area is 153 Å². The van der Waals surface area contributed by atoms with Crippen molar-refractivity contribution in [3.8, 4) is 11.4 Å². The zero-order valence-electron chi connectivity index (χ0n) is 15.3. The van der Waals surface area contributed by atoms with E-state index >= 15 is 0 Å². The van der Waals surface area contributed by atoms with Crippen LogP contribution in [0.2, 0.25) is 0 Å².